The van der Waals surface area contributed by atoms with Gasteiger partial charge in [0.15, 0.2) is 0 Å². The molecule has 0 saturated carbocycles. The van der Waals surface area contributed by atoms with E-state index in [9.17, 15) is 4.79 Å². The second kappa shape index (κ2) is 8.25. The van der Waals surface area contributed by atoms with Crippen molar-refractivity contribution in [3.63, 3.8) is 0 Å². The van der Waals surface area contributed by atoms with Crippen molar-refractivity contribution in [2.45, 2.75) is 13.8 Å². The average Bonchev–Trinajstić information content (AvgIpc) is 1.68. The maximum Gasteiger partial charge on any atom is 3.00 e. The molecule has 0 atom stereocenters. The van der Waals surface area contributed by atoms with Crippen LogP contribution in [0.15, 0.2) is 23.8 Å². The summed E-state index contributed by atoms with van der Waals surface area (Å²) in [5, 5.41) is 0. The van der Waals surface area contributed by atoms with E-state index in [4.69, 9.17) is 0 Å². The van der Waals surface area contributed by atoms with Gasteiger partial charge in [0.2, 0.25) is 0 Å². The van der Waals surface area contributed by atoms with Crippen LogP contribution in [0.3, 0.4) is 0 Å². The molecular weight excluding hydrogens is 189 g/mol. The zero-order chi connectivity index (χ0) is 6.41. The van der Waals surface area contributed by atoms with Gasteiger partial charge < -0.3 is 4.79 Å². The first-order chi connectivity index (χ1) is 3.81. The molecule has 0 N–H and O–H groups in total. The van der Waals surface area contributed by atoms with Gasteiger partial charge in [-0.3, -0.25) is 0 Å². The Bertz CT molecular complexity index is 125. The van der Waals surface area contributed by atoms with E-state index in [0.29, 0.717) is 0 Å². The summed E-state index contributed by atoms with van der Waals surface area (Å²) in [6.07, 6.45) is 6.82. The SMILES string of the molecule is C/C=C/C(C)=C/[C-]=O.[Y+3]. The van der Waals surface area contributed by atoms with Crippen molar-refractivity contribution >= 4 is 6.29 Å². The summed E-state index contributed by atoms with van der Waals surface area (Å²) in [5.74, 6) is 0. The number of hydrogen-bond acceptors (Lipinski definition) is 1. The second-order valence-electron chi connectivity index (χ2n) is 1.51. The Labute approximate surface area is 81.1 Å². The number of rotatable bonds is 2. The van der Waals surface area contributed by atoms with Crippen molar-refractivity contribution in [2.24, 2.45) is 0 Å². The van der Waals surface area contributed by atoms with E-state index in [2.05, 4.69) is 0 Å². The van der Waals surface area contributed by atoms with Crippen molar-refractivity contribution in [3.05, 3.63) is 23.8 Å². The minimum atomic E-state index is 0. The van der Waals surface area contributed by atoms with Crippen LogP contribution in [-0.4, -0.2) is 6.29 Å². The summed E-state index contributed by atoms with van der Waals surface area (Å²) in [4.78, 5) is 9.65. The van der Waals surface area contributed by atoms with E-state index < -0.39 is 0 Å². The van der Waals surface area contributed by atoms with E-state index in [1.54, 1.807) is 6.29 Å². The molecule has 0 amide bonds. The molecule has 0 aliphatic carbocycles. The smallest absolute Gasteiger partial charge is 0.419 e. The van der Waals surface area contributed by atoms with Gasteiger partial charge in [-0.15, -0.1) is 19.1 Å². The summed E-state index contributed by atoms with van der Waals surface area (Å²) in [6.45, 7) is 3.76. The molecule has 0 aliphatic heterocycles. The fourth-order valence-electron chi connectivity index (χ4n) is 0.404. The van der Waals surface area contributed by atoms with E-state index >= 15 is 0 Å². The quantitative estimate of drug-likeness (QED) is 0.374. The second-order valence-corrected chi connectivity index (χ2v) is 1.51. The summed E-state index contributed by atoms with van der Waals surface area (Å²) < 4.78 is 0. The molecule has 0 aliphatic rings. The molecule has 0 aromatic heterocycles. The van der Waals surface area contributed by atoms with Gasteiger partial charge in [-0.05, 0) is 13.2 Å². The molecule has 0 aromatic carbocycles. The molecule has 9 heavy (non-hydrogen) atoms. The normalized spacial score (nSPS) is 11.1. The average molecular weight is 198 g/mol. The Morgan fingerprint density at radius 3 is 2.44 bits per heavy atom. The van der Waals surface area contributed by atoms with Gasteiger partial charge in [-0.2, -0.15) is 11.6 Å². The minimum absolute atomic E-state index is 0. The Morgan fingerprint density at radius 1 is 1.56 bits per heavy atom. The zero-order valence-corrected chi connectivity index (χ0v) is 8.56. The summed E-state index contributed by atoms with van der Waals surface area (Å²) in [5.41, 5.74) is 0.933. The summed E-state index contributed by atoms with van der Waals surface area (Å²) in [7, 11) is 0. The van der Waals surface area contributed by atoms with Gasteiger partial charge in [0.25, 0.3) is 0 Å². The maximum absolute atomic E-state index is 9.65. The van der Waals surface area contributed by atoms with Crippen LogP contribution >= 0.6 is 0 Å². The molecule has 0 rings (SSSR count). The van der Waals surface area contributed by atoms with Gasteiger partial charge in [0.05, 0.1) is 0 Å². The molecule has 1 nitrogen and oxygen atoms in total. The molecule has 0 aromatic rings. The van der Waals surface area contributed by atoms with Crippen molar-refractivity contribution in [2.75, 3.05) is 0 Å². The van der Waals surface area contributed by atoms with E-state index in [1.165, 1.54) is 6.08 Å². The van der Waals surface area contributed by atoms with Crippen molar-refractivity contribution in [1.82, 2.24) is 0 Å². The molecule has 0 saturated heterocycles. The maximum atomic E-state index is 9.65. The van der Waals surface area contributed by atoms with Crippen LogP contribution < -0.4 is 0 Å². The minimum Gasteiger partial charge on any atom is -0.419 e. The van der Waals surface area contributed by atoms with Crippen LogP contribution in [0.4, 0.5) is 0 Å². The summed E-state index contributed by atoms with van der Waals surface area (Å²) in [6, 6.07) is 0. The molecule has 0 unspecified atom stereocenters. The Balaban J connectivity index is 0. The van der Waals surface area contributed by atoms with Gasteiger partial charge in [0.1, 0.15) is 0 Å². The van der Waals surface area contributed by atoms with Crippen molar-refractivity contribution in [3.8, 4) is 0 Å². The predicted molar refractivity (Wildman–Crippen MR) is 34.3 cm³/mol. The first-order valence-corrected chi connectivity index (χ1v) is 2.48. The molecule has 44 valence electrons. The molecular formula is C7H9OY+2. The van der Waals surface area contributed by atoms with E-state index in [0.717, 1.165) is 5.57 Å². The van der Waals surface area contributed by atoms with Gasteiger partial charge >= 0.3 is 32.7 Å². The monoisotopic (exact) mass is 198 g/mol. The van der Waals surface area contributed by atoms with Gasteiger partial charge in [0, 0.05) is 0 Å². The Hall–Kier alpha value is 0.254. The first kappa shape index (κ1) is 12.0. The largest absolute Gasteiger partial charge is 3.00 e. The first-order valence-electron chi connectivity index (χ1n) is 2.48. The number of hydrogen-bond donors (Lipinski definition) is 0. The topological polar surface area (TPSA) is 17.1 Å². The number of carbonyl (C=O) groups excluding carboxylic acids is 1. The third-order valence-corrected chi connectivity index (χ3v) is 0.716. The van der Waals surface area contributed by atoms with E-state index in [1.807, 2.05) is 26.0 Å². The third-order valence-electron chi connectivity index (χ3n) is 0.716. The van der Waals surface area contributed by atoms with Crippen LogP contribution in [0.25, 0.3) is 0 Å². The third kappa shape index (κ3) is 8.25. The van der Waals surface area contributed by atoms with Crippen LogP contribution in [-0.2, 0) is 37.5 Å². The van der Waals surface area contributed by atoms with E-state index in [-0.39, 0.29) is 32.7 Å². The molecule has 0 bridgehead atoms. The van der Waals surface area contributed by atoms with Crippen molar-refractivity contribution < 1.29 is 37.5 Å². The molecule has 0 spiro atoms. The molecule has 0 heterocycles. The Morgan fingerprint density at radius 2 is 2.11 bits per heavy atom. The fourth-order valence-corrected chi connectivity index (χ4v) is 0.404. The van der Waals surface area contributed by atoms with Crippen LogP contribution in [0, 0.1) is 0 Å². The molecule has 2 heteroatoms. The fraction of sp³-hybridized carbons (Fsp3) is 0.286. The van der Waals surface area contributed by atoms with Crippen LogP contribution in [0.1, 0.15) is 13.8 Å². The number of allylic oxidation sites excluding steroid dienone is 4. The predicted octanol–water partition coefficient (Wildman–Crippen LogP) is 1.62. The van der Waals surface area contributed by atoms with Gasteiger partial charge in [-0.1, -0.05) is 0 Å². The standard InChI is InChI=1S/C7H9O.Y/c1-3-4-7(2)5-6-8;/h3-5H,1-2H3;/q-1;+3/b4-3+,7-5+;. The zero-order valence-electron chi connectivity index (χ0n) is 5.72. The van der Waals surface area contributed by atoms with Crippen LogP contribution in [0.2, 0.25) is 0 Å². The van der Waals surface area contributed by atoms with Gasteiger partial charge in [-0.25, -0.2) is 0 Å². The Kier molecular flexibility index (Phi) is 11.0. The molecule has 0 radical (unpaired) electrons. The summed E-state index contributed by atoms with van der Waals surface area (Å²) >= 11 is 0. The molecule has 0 fully saturated rings. The van der Waals surface area contributed by atoms with Crippen LogP contribution in [0.5, 0.6) is 0 Å². The van der Waals surface area contributed by atoms with Crippen molar-refractivity contribution in [1.29, 1.82) is 0 Å².